The third-order valence-corrected chi connectivity index (χ3v) is 4.89. The predicted molar refractivity (Wildman–Crippen MR) is 109 cm³/mol. The number of carbonyl (C=O) groups excluding carboxylic acids is 1. The molecule has 0 aliphatic carbocycles. The number of rotatable bonds is 6. The van der Waals surface area contributed by atoms with Crippen LogP contribution in [0.3, 0.4) is 0 Å². The Hall–Kier alpha value is -2.97. The van der Waals surface area contributed by atoms with Crippen molar-refractivity contribution >= 4 is 11.7 Å². The molecule has 1 aromatic heterocycles. The van der Waals surface area contributed by atoms with Gasteiger partial charge in [-0.2, -0.15) is 8.78 Å². The number of piperazine rings is 1. The van der Waals surface area contributed by atoms with Gasteiger partial charge in [-0.25, -0.2) is 9.97 Å². The van der Waals surface area contributed by atoms with E-state index in [0.29, 0.717) is 31.7 Å². The van der Waals surface area contributed by atoms with Crippen LogP contribution in [0.5, 0.6) is 11.5 Å². The fraction of sp³-hybridized carbons (Fsp3) is 0.476. The predicted octanol–water partition coefficient (Wildman–Crippen LogP) is 3.48. The van der Waals surface area contributed by atoms with Gasteiger partial charge in [0.05, 0.1) is 7.11 Å². The largest absolute Gasteiger partial charge is 0.493 e. The molecule has 1 fully saturated rings. The van der Waals surface area contributed by atoms with Crippen LogP contribution in [0.1, 0.15) is 41.6 Å². The molecule has 0 atom stereocenters. The van der Waals surface area contributed by atoms with Crippen molar-refractivity contribution < 1.29 is 23.0 Å². The second-order valence-electron chi connectivity index (χ2n) is 7.40. The van der Waals surface area contributed by atoms with Gasteiger partial charge >= 0.3 is 6.61 Å². The summed E-state index contributed by atoms with van der Waals surface area (Å²) in [6, 6.07) is 6.17. The van der Waals surface area contributed by atoms with Crippen LogP contribution in [-0.2, 0) is 0 Å². The Labute approximate surface area is 174 Å². The zero-order valence-corrected chi connectivity index (χ0v) is 17.6. The molecule has 1 amide bonds. The molecule has 1 aromatic carbocycles. The summed E-state index contributed by atoms with van der Waals surface area (Å²) >= 11 is 0. The summed E-state index contributed by atoms with van der Waals surface area (Å²) in [5, 5.41) is 0. The normalized spacial score (nSPS) is 14.4. The minimum absolute atomic E-state index is 0.0949. The van der Waals surface area contributed by atoms with Crippen molar-refractivity contribution in [1.29, 1.82) is 0 Å². The van der Waals surface area contributed by atoms with Gasteiger partial charge in [0, 0.05) is 49.4 Å². The molecule has 2 heterocycles. The molecule has 0 N–H and O–H groups in total. The quantitative estimate of drug-likeness (QED) is 0.713. The van der Waals surface area contributed by atoms with Gasteiger partial charge in [0.25, 0.3) is 5.91 Å². The second kappa shape index (κ2) is 9.23. The molecular formula is C21H26F2N4O3. The number of carbonyl (C=O) groups is 1. The molecular weight excluding hydrogens is 394 g/mol. The lowest BCUT2D eigenvalue weighted by Gasteiger charge is -2.35. The number of alkyl halides is 2. The van der Waals surface area contributed by atoms with Gasteiger partial charge in [-0.15, -0.1) is 0 Å². The average Bonchev–Trinajstić information content (AvgIpc) is 2.72. The molecule has 0 spiro atoms. The monoisotopic (exact) mass is 420 g/mol. The Kier molecular flexibility index (Phi) is 6.69. The Morgan fingerprint density at radius 2 is 1.77 bits per heavy atom. The van der Waals surface area contributed by atoms with Crippen molar-refractivity contribution in [2.75, 3.05) is 38.2 Å². The number of benzene rings is 1. The van der Waals surface area contributed by atoms with E-state index in [1.54, 1.807) is 4.90 Å². The first-order chi connectivity index (χ1) is 14.3. The van der Waals surface area contributed by atoms with E-state index in [1.165, 1.54) is 25.3 Å². The minimum atomic E-state index is -2.96. The molecule has 3 rings (SSSR count). The number of amides is 1. The van der Waals surface area contributed by atoms with E-state index in [-0.39, 0.29) is 23.3 Å². The maximum Gasteiger partial charge on any atom is 0.387 e. The first-order valence-electron chi connectivity index (χ1n) is 9.81. The molecule has 0 saturated carbocycles. The van der Waals surface area contributed by atoms with Crippen LogP contribution < -0.4 is 14.4 Å². The topological polar surface area (TPSA) is 67.8 Å². The van der Waals surface area contributed by atoms with Gasteiger partial charge in [-0.1, -0.05) is 13.8 Å². The second-order valence-corrected chi connectivity index (χ2v) is 7.40. The van der Waals surface area contributed by atoms with E-state index >= 15 is 0 Å². The zero-order chi connectivity index (χ0) is 21.8. The highest BCUT2D eigenvalue weighted by atomic mass is 19.3. The molecule has 0 unspecified atom stereocenters. The van der Waals surface area contributed by atoms with E-state index in [1.807, 2.05) is 13.0 Å². The SMILES string of the molecule is COc1cc(C(=O)N2CCN(c3cc(C)nc(C(C)C)n3)CC2)ccc1OC(F)F. The van der Waals surface area contributed by atoms with E-state index < -0.39 is 6.61 Å². The number of aryl methyl sites for hydroxylation is 1. The van der Waals surface area contributed by atoms with Gasteiger partial charge in [0.1, 0.15) is 11.6 Å². The lowest BCUT2D eigenvalue weighted by molar-refractivity contribution is -0.0512. The van der Waals surface area contributed by atoms with Crippen molar-refractivity contribution in [2.24, 2.45) is 0 Å². The van der Waals surface area contributed by atoms with Gasteiger partial charge in [-0.05, 0) is 25.1 Å². The summed E-state index contributed by atoms with van der Waals surface area (Å²) < 4.78 is 34.5. The van der Waals surface area contributed by atoms with Crippen molar-refractivity contribution in [3.05, 3.63) is 41.3 Å². The molecule has 162 valence electrons. The van der Waals surface area contributed by atoms with E-state index in [9.17, 15) is 13.6 Å². The maximum absolute atomic E-state index is 12.9. The van der Waals surface area contributed by atoms with Gasteiger partial charge in [0.15, 0.2) is 11.5 Å². The standard InChI is InChI=1S/C21H26F2N4O3/c1-13(2)19-24-14(3)11-18(25-19)26-7-9-27(10-8-26)20(28)15-5-6-16(30-21(22)23)17(12-15)29-4/h5-6,11-13,21H,7-10H2,1-4H3. The van der Waals surface area contributed by atoms with Crippen LogP contribution in [0.25, 0.3) is 0 Å². The number of halogens is 2. The van der Waals surface area contributed by atoms with Crippen molar-refractivity contribution in [1.82, 2.24) is 14.9 Å². The average molecular weight is 420 g/mol. The lowest BCUT2D eigenvalue weighted by Crippen LogP contribution is -2.49. The van der Waals surface area contributed by atoms with Gasteiger partial charge in [0.2, 0.25) is 0 Å². The third-order valence-electron chi connectivity index (χ3n) is 4.89. The fourth-order valence-corrected chi connectivity index (χ4v) is 3.31. The lowest BCUT2D eigenvalue weighted by atomic mass is 10.1. The number of aromatic nitrogens is 2. The summed E-state index contributed by atoms with van der Waals surface area (Å²) in [6.45, 7) is 5.43. The first-order valence-corrected chi connectivity index (χ1v) is 9.81. The zero-order valence-electron chi connectivity index (χ0n) is 17.6. The highest BCUT2D eigenvalue weighted by molar-refractivity contribution is 5.95. The summed E-state index contributed by atoms with van der Waals surface area (Å²) in [7, 11) is 1.34. The molecule has 1 aliphatic rings. The smallest absolute Gasteiger partial charge is 0.387 e. The number of methoxy groups -OCH3 is 1. The van der Waals surface area contributed by atoms with Crippen molar-refractivity contribution in [3.8, 4) is 11.5 Å². The highest BCUT2D eigenvalue weighted by Gasteiger charge is 2.24. The third kappa shape index (κ3) is 4.95. The molecule has 0 radical (unpaired) electrons. The van der Waals surface area contributed by atoms with Crippen LogP contribution >= 0.6 is 0 Å². The Bertz CT molecular complexity index is 900. The Balaban J connectivity index is 1.68. The summed E-state index contributed by atoms with van der Waals surface area (Å²) in [6.07, 6.45) is 0. The molecule has 2 aromatic rings. The van der Waals surface area contributed by atoms with E-state index in [4.69, 9.17) is 4.74 Å². The highest BCUT2D eigenvalue weighted by Crippen LogP contribution is 2.30. The van der Waals surface area contributed by atoms with Crippen LogP contribution in [0.2, 0.25) is 0 Å². The Morgan fingerprint density at radius 3 is 2.37 bits per heavy atom. The van der Waals surface area contributed by atoms with Crippen LogP contribution in [0, 0.1) is 6.92 Å². The van der Waals surface area contributed by atoms with Crippen LogP contribution in [0.4, 0.5) is 14.6 Å². The number of ether oxygens (including phenoxy) is 2. The number of anilines is 1. The Morgan fingerprint density at radius 1 is 1.07 bits per heavy atom. The number of hydrogen-bond acceptors (Lipinski definition) is 6. The van der Waals surface area contributed by atoms with Crippen LogP contribution in [-0.4, -0.2) is 60.7 Å². The van der Waals surface area contributed by atoms with Gasteiger partial charge < -0.3 is 19.3 Å². The fourth-order valence-electron chi connectivity index (χ4n) is 3.31. The first kappa shape index (κ1) is 21.7. The number of nitrogens with zero attached hydrogens (tertiary/aromatic N) is 4. The molecule has 30 heavy (non-hydrogen) atoms. The summed E-state index contributed by atoms with van der Waals surface area (Å²) in [5.41, 5.74) is 1.28. The minimum Gasteiger partial charge on any atom is -0.493 e. The number of hydrogen-bond donors (Lipinski definition) is 0. The molecule has 7 nitrogen and oxygen atoms in total. The summed E-state index contributed by atoms with van der Waals surface area (Å²) in [5.74, 6) is 1.72. The molecule has 9 heteroatoms. The molecule has 1 saturated heterocycles. The molecule has 1 aliphatic heterocycles. The van der Waals surface area contributed by atoms with E-state index in [2.05, 4.69) is 33.5 Å². The van der Waals surface area contributed by atoms with Gasteiger partial charge in [-0.3, -0.25) is 4.79 Å². The summed E-state index contributed by atoms with van der Waals surface area (Å²) in [4.78, 5) is 25.9. The molecule has 0 bridgehead atoms. The van der Waals surface area contributed by atoms with Crippen molar-refractivity contribution in [2.45, 2.75) is 33.3 Å². The van der Waals surface area contributed by atoms with Crippen LogP contribution in [0.15, 0.2) is 24.3 Å². The van der Waals surface area contributed by atoms with Crippen molar-refractivity contribution in [3.63, 3.8) is 0 Å². The maximum atomic E-state index is 12.9. The van der Waals surface area contributed by atoms with E-state index in [0.717, 1.165) is 17.3 Å².